The number of alkyl halides is 3. The summed E-state index contributed by atoms with van der Waals surface area (Å²) in [5.41, 5.74) is 3.89. The Morgan fingerprint density at radius 1 is 1.34 bits per heavy atom. The molecule has 0 radical (unpaired) electrons. The van der Waals surface area contributed by atoms with Crippen LogP contribution in [0.15, 0.2) is 30.7 Å². The number of H-pyrrole nitrogens is 1. The van der Waals surface area contributed by atoms with E-state index in [-0.39, 0.29) is 12.1 Å². The number of aromatic nitrogens is 4. The molecule has 2 heterocycles. The third kappa shape index (κ3) is 6.22. The van der Waals surface area contributed by atoms with Crippen LogP contribution in [0.1, 0.15) is 48.8 Å². The molecular formula is C20H23F3N6O3. The van der Waals surface area contributed by atoms with Crippen LogP contribution in [0.25, 0.3) is 11.0 Å². The van der Waals surface area contributed by atoms with Crippen molar-refractivity contribution in [3.05, 3.63) is 47.8 Å². The van der Waals surface area contributed by atoms with Gasteiger partial charge in [0.2, 0.25) is 0 Å². The number of carboxylic acid groups (broad SMARTS) is 1. The van der Waals surface area contributed by atoms with Gasteiger partial charge >= 0.3 is 18.2 Å². The molecule has 1 aromatic carbocycles. The molecule has 1 aliphatic rings. The van der Waals surface area contributed by atoms with Crippen LogP contribution in [0.4, 0.5) is 18.0 Å². The fourth-order valence-corrected chi connectivity index (χ4v) is 2.93. The maximum atomic E-state index is 12.1. The number of halogens is 3. The highest BCUT2D eigenvalue weighted by Gasteiger charge is 2.38. The Hall–Kier alpha value is -3.57. The van der Waals surface area contributed by atoms with Crippen LogP contribution < -0.4 is 10.6 Å². The lowest BCUT2D eigenvalue weighted by atomic mass is 10.1. The van der Waals surface area contributed by atoms with Crippen LogP contribution in [0.2, 0.25) is 0 Å². The molecule has 0 aliphatic heterocycles. The molecular weight excluding hydrogens is 429 g/mol. The van der Waals surface area contributed by atoms with Gasteiger partial charge in [-0.3, -0.25) is 0 Å². The molecule has 1 unspecified atom stereocenters. The van der Waals surface area contributed by atoms with Gasteiger partial charge in [0.25, 0.3) is 0 Å². The maximum Gasteiger partial charge on any atom is 0.490 e. The van der Waals surface area contributed by atoms with Gasteiger partial charge in [0.15, 0.2) is 0 Å². The number of carbonyl (C=O) groups is 2. The Morgan fingerprint density at radius 3 is 2.59 bits per heavy atom. The first-order chi connectivity index (χ1) is 15.0. The average Bonchev–Trinajstić information content (AvgIpc) is 3.34. The largest absolute Gasteiger partial charge is 0.490 e. The molecule has 12 heteroatoms. The molecule has 32 heavy (non-hydrogen) atoms. The van der Waals surface area contributed by atoms with Gasteiger partial charge in [-0.1, -0.05) is 6.07 Å². The Kier molecular flexibility index (Phi) is 6.70. The molecule has 172 valence electrons. The standard InChI is InChI=1S/C18H22N6O.C2HF3O2/c1-11(21-18(25)19-8-14-9-24(2)10-20-14)13-5-6-15-16(7-13)23-17(22-15)12-3-4-12;3-2(4,5)1(6)7/h5-7,9-12H,3-4,8H2,1-2H3,(H,22,23)(H2,19,21,25);(H,6,7). The normalized spacial score (nSPS) is 14.4. The van der Waals surface area contributed by atoms with E-state index < -0.39 is 12.1 Å². The number of aliphatic carboxylic acids is 1. The molecule has 4 N–H and O–H groups in total. The second kappa shape index (κ2) is 9.28. The highest BCUT2D eigenvalue weighted by molar-refractivity contribution is 5.77. The van der Waals surface area contributed by atoms with Crippen molar-refractivity contribution in [2.45, 2.75) is 44.4 Å². The van der Waals surface area contributed by atoms with Crippen molar-refractivity contribution < 1.29 is 27.9 Å². The highest BCUT2D eigenvalue weighted by atomic mass is 19.4. The number of fused-ring (bicyclic) bond motifs is 1. The molecule has 0 saturated heterocycles. The summed E-state index contributed by atoms with van der Waals surface area (Å²) in [4.78, 5) is 33.2. The van der Waals surface area contributed by atoms with Crippen molar-refractivity contribution >= 4 is 23.0 Å². The molecule has 4 rings (SSSR count). The van der Waals surface area contributed by atoms with Crippen molar-refractivity contribution in [1.82, 2.24) is 30.2 Å². The van der Waals surface area contributed by atoms with E-state index in [1.165, 1.54) is 12.8 Å². The lowest BCUT2D eigenvalue weighted by Crippen LogP contribution is -2.36. The number of carboxylic acids is 1. The van der Waals surface area contributed by atoms with Crippen LogP contribution in [0.3, 0.4) is 0 Å². The number of imidazole rings is 2. The number of carbonyl (C=O) groups excluding carboxylic acids is 1. The average molecular weight is 452 g/mol. The number of benzene rings is 1. The first-order valence-electron chi connectivity index (χ1n) is 9.84. The molecule has 3 aromatic rings. The molecule has 1 fully saturated rings. The molecule has 2 aromatic heterocycles. The predicted molar refractivity (Wildman–Crippen MR) is 109 cm³/mol. The van der Waals surface area contributed by atoms with Gasteiger partial charge in [0.1, 0.15) is 5.82 Å². The molecule has 0 bridgehead atoms. The molecule has 0 spiro atoms. The first-order valence-corrected chi connectivity index (χ1v) is 9.84. The van der Waals surface area contributed by atoms with Crippen LogP contribution in [0, 0.1) is 0 Å². The Morgan fingerprint density at radius 2 is 2.03 bits per heavy atom. The smallest absolute Gasteiger partial charge is 0.475 e. The summed E-state index contributed by atoms with van der Waals surface area (Å²) in [5, 5.41) is 12.9. The van der Waals surface area contributed by atoms with Gasteiger partial charge in [-0.15, -0.1) is 0 Å². The lowest BCUT2D eigenvalue weighted by Gasteiger charge is -2.14. The molecule has 1 aliphatic carbocycles. The number of hydrogen-bond donors (Lipinski definition) is 4. The first kappa shape index (κ1) is 23.1. The van der Waals surface area contributed by atoms with E-state index >= 15 is 0 Å². The quantitative estimate of drug-likeness (QED) is 0.472. The van der Waals surface area contributed by atoms with E-state index in [1.807, 2.05) is 36.9 Å². The van der Waals surface area contributed by atoms with E-state index in [4.69, 9.17) is 9.90 Å². The molecule has 1 saturated carbocycles. The van der Waals surface area contributed by atoms with E-state index in [1.54, 1.807) is 6.33 Å². The molecule has 1 atom stereocenters. The monoisotopic (exact) mass is 452 g/mol. The number of aryl methyl sites for hydroxylation is 1. The zero-order valence-corrected chi connectivity index (χ0v) is 17.4. The Bertz CT molecular complexity index is 1100. The summed E-state index contributed by atoms with van der Waals surface area (Å²) >= 11 is 0. The maximum absolute atomic E-state index is 12.1. The summed E-state index contributed by atoms with van der Waals surface area (Å²) < 4.78 is 33.6. The number of rotatable bonds is 5. The number of urea groups is 1. The van der Waals surface area contributed by atoms with Gasteiger partial charge < -0.3 is 25.3 Å². The van der Waals surface area contributed by atoms with E-state index in [2.05, 4.69) is 31.7 Å². The topological polar surface area (TPSA) is 125 Å². The lowest BCUT2D eigenvalue weighted by molar-refractivity contribution is -0.192. The van der Waals surface area contributed by atoms with Crippen LogP contribution in [-0.4, -0.2) is 42.8 Å². The van der Waals surface area contributed by atoms with Gasteiger partial charge in [-0.05, 0) is 37.5 Å². The minimum Gasteiger partial charge on any atom is -0.475 e. The fourth-order valence-electron chi connectivity index (χ4n) is 2.93. The van der Waals surface area contributed by atoms with Crippen LogP contribution >= 0.6 is 0 Å². The summed E-state index contributed by atoms with van der Waals surface area (Å²) in [5.74, 6) is -1.07. The number of nitrogens with zero attached hydrogens (tertiary/aromatic N) is 3. The summed E-state index contributed by atoms with van der Waals surface area (Å²) in [6, 6.07) is 5.79. The van der Waals surface area contributed by atoms with Gasteiger partial charge in [-0.2, -0.15) is 13.2 Å². The fraction of sp³-hybridized carbons (Fsp3) is 0.400. The van der Waals surface area contributed by atoms with Crippen molar-refractivity contribution in [3.8, 4) is 0 Å². The third-order valence-electron chi connectivity index (χ3n) is 4.77. The summed E-state index contributed by atoms with van der Waals surface area (Å²) in [6.07, 6.45) is 0.961. The molecule has 9 nitrogen and oxygen atoms in total. The SMILES string of the molecule is CC(NC(=O)NCc1cn(C)cn1)c1ccc2nc(C3CC3)[nH]c2c1.O=C(O)C(F)(F)F. The van der Waals surface area contributed by atoms with Gasteiger partial charge in [0.05, 0.1) is 35.6 Å². The summed E-state index contributed by atoms with van der Waals surface area (Å²) in [6.45, 7) is 2.38. The number of amides is 2. The van der Waals surface area contributed by atoms with Crippen LogP contribution in [0.5, 0.6) is 0 Å². The zero-order chi connectivity index (χ0) is 23.5. The minimum absolute atomic E-state index is 0.0965. The van der Waals surface area contributed by atoms with Crippen molar-refractivity contribution in [3.63, 3.8) is 0 Å². The second-order valence-corrected chi connectivity index (χ2v) is 7.55. The van der Waals surface area contributed by atoms with Crippen molar-refractivity contribution in [2.24, 2.45) is 7.05 Å². The van der Waals surface area contributed by atoms with E-state index in [9.17, 15) is 18.0 Å². The molecule has 2 amide bonds. The zero-order valence-electron chi connectivity index (χ0n) is 17.4. The van der Waals surface area contributed by atoms with Crippen molar-refractivity contribution in [2.75, 3.05) is 0 Å². The Labute approximate surface area is 181 Å². The highest BCUT2D eigenvalue weighted by Crippen LogP contribution is 2.39. The number of aromatic amines is 1. The van der Waals surface area contributed by atoms with Crippen molar-refractivity contribution in [1.29, 1.82) is 0 Å². The van der Waals surface area contributed by atoms with Gasteiger partial charge in [0, 0.05) is 19.2 Å². The second-order valence-electron chi connectivity index (χ2n) is 7.55. The minimum atomic E-state index is -5.08. The Balaban J connectivity index is 0.000000360. The van der Waals surface area contributed by atoms with E-state index in [0.717, 1.165) is 28.1 Å². The predicted octanol–water partition coefficient (Wildman–Crippen LogP) is 3.37. The van der Waals surface area contributed by atoms with Crippen LogP contribution in [-0.2, 0) is 18.4 Å². The summed E-state index contributed by atoms with van der Waals surface area (Å²) in [7, 11) is 1.90. The third-order valence-corrected chi connectivity index (χ3v) is 4.77. The van der Waals surface area contributed by atoms with E-state index in [0.29, 0.717) is 12.5 Å². The van der Waals surface area contributed by atoms with Gasteiger partial charge in [-0.25, -0.2) is 19.6 Å². The number of nitrogens with one attached hydrogen (secondary N) is 3. The number of hydrogen-bond acceptors (Lipinski definition) is 4.